The Hall–Kier alpha value is -0.770. The lowest BCUT2D eigenvalue weighted by molar-refractivity contribution is 0.163. The van der Waals surface area contributed by atoms with E-state index in [9.17, 15) is 4.79 Å². The Morgan fingerprint density at radius 3 is 3.08 bits per heavy atom. The van der Waals surface area contributed by atoms with Crippen molar-refractivity contribution in [3.8, 4) is 0 Å². The third-order valence-electron chi connectivity index (χ3n) is 2.37. The van der Waals surface area contributed by atoms with Crippen LogP contribution in [0.15, 0.2) is 0 Å². The van der Waals surface area contributed by atoms with Gasteiger partial charge in [0, 0.05) is 12.6 Å². The minimum atomic E-state index is -0.900. The Kier molecular flexibility index (Phi) is 4.02. The van der Waals surface area contributed by atoms with Crippen LogP contribution in [-0.4, -0.2) is 41.8 Å². The van der Waals surface area contributed by atoms with E-state index >= 15 is 0 Å². The molecule has 0 aromatic heterocycles. The molecule has 4 nitrogen and oxygen atoms in total. The van der Waals surface area contributed by atoms with Gasteiger partial charge in [-0.25, -0.2) is 4.79 Å². The molecule has 4 heteroatoms. The van der Waals surface area contributed by atoms with E-state index in [1.54, 1.807) is 0 Å². The second kappa shape index (κ2) is 5.07. The first-order chi connectivity index (χ1) is 6.22. The Morgan fingerprint density at radius 2 is 2.46 bits per heavy atom. The third kappa shape index (κ3) is 3.63. The highest BCUT2D eigenvalue weighted by atomic mass is 16.4. The molecule has 1 heterocycles. The van der Waals surface area contributed by atoms with Crippen LogP contribution in [0.25, 0.3) is 0 Å². The molecule has 2 N–H and O–H groups in total. The van der Waals surface area contributed by atoms with Gasteiger partial charge in [0.05, 0.1) is 0 Å². The zero-order chi connectivity index (χ0) is 9.68. The molecule has 13 heavy (non-hydrogen) atoms. The molecule has 0 bridgehead atoms. The molecule has 0 radical (unpaired) electrons. The summed E-state index contributed by atoms with van der Waals surface area (Å²) in [5.41, 5.74) is 0. The van der Waals surface area contributed by atoms with Gasteiger partial charge in [0.25, 0.3) is 0 Å². The van der Waals surface area contributed by atoms with E-state index in [2.05, 4.69) is 17.1 Å². The number of hydrogen-bond donors (Lipinski definition) is 2. The Morgan fingerprint density at radius 1 is 1.69 bits per heavy atom. The van der Waals surface area contributed by atoms with Crippen LogP contribution < -0.4 is 5.32 Å². The van der Waals surface area contributed by atoms with Crippen LogP contribution in [0, 0.1) is 0 Å². The summed E-state index contributed by atoms with van der Waals surface area (Å²) >= 11 is 0. The zero-order valence-electron chi connectivity index (χ0n) is 8.12. The van der Waals surface area contributed by atoms with Gasteiger partial charge in [0.15, 0.2) is 0 Å². The Bertz CT molecular complexity index is 171. The van der Waals surface area contributed by atoms with Crippen LogP contribution in [0.3, 0.4) is 0 Å². The van der Waals surface area contributed by atoms with Crippen LogP contribution in [-0.2, 0) is 0 Å². The molecule has 1 fully saturated rings. The number of piperidine rings is 1. The number of amides is 1. The van der Waals surface area contributed by atoms with Crippen molar-refractivity contribution < 1.29 is 9.90 Å². The molecule has 0 saturated carbocycles. The van der Waals surface area contributed by atoms with Gasteiger partial charge in [0.2, 0.25) is 0 Å². The fourth-order valence-electron chi connectivity index (χ4n) is 1.87. The SMILES string of the molecule is CCCN1CCC[C@@H](NC(=O)O)C1. The molecule has 0 spiro atoms. The molecule has 1 amide bonds. The predicted octanol–water partition coefficient (Wildman–Crippen LogP) is 1.13. The van der Waals surface area contributed by atoms with E-state index in [-0.39, 0.29) is 6.04 Å². The standard InChI is InChI=1S/C9H18N2O2/c1-2-5-11-6-3-4-8(7-11)10-9(12)13/h8,10H,2-7H2,1H3,(H,12,13)/t8-/m1/s1. The lowest BCUT2D eigenvalue weighted by Crippen LogP contribution is -2.47. The molecule has 0 aliphatic carbocycles. The van der Waals surface area contributed by atoms with Gasteiger partial charge in [-0.2, -0.15) is 0 Å². The van der Waals surface area contributed by atoms with Gasteiger partial charge in [-0.3, -0.25) is 0 Å². The van der Waals surface area contributed by atoms with Crippen molar-refractivity contribution in [1.82, 2.24) is 10.2 Å². The Balaban J connectivity index is 2.28. The second-order valence-electron chi connectivity index (χ2n) is 3.59. The van der Waals surface area contributed by atoms with Crippen molar-refractivity contribution in [3.63, 3.8) is 0 Å². The van der Waals surface area contributed by atoms with Gasteiger partial charge in [-0.1, -0.05) is 6.92 Å². The largest absolute Gasteiger partial charge is 0.465 e. The molecule has 1 aliphatic heterocycles. The highest BCUT2D eigenvalue weighted by molar-refractivity contribution is 5.64. The van der Waals surface area contributed by atoms with Crippen LogP contribution in [0.4, 0.5) is 4.79 Å². The van der Waals surface area contributed by atoms with Gasteiger partial charge in [-0.15, -0.1) is 0 Å². The predicted molar refractivity (Wildman–Crippen MR) is 50.9 cm³/mol. The van der Waals surface area contributed by atoms with Crippen LogP contribution in [0.2, 0.25) is 0 Å². The maximum Gasteiger partial charge on any atom is 0.404 e. The summed E-state index contributed by atoms with van der Waals surface area (Å²) in [6.07, 6.45) is 2.32. The molecule has 1 rings (SSSR count). The van der Waals surface area contributed by atoms with Gasteiger partial charge < -0.3 is 15.3 Å². The van der Waals surface area contributed by atoms with E-state index in [1.807, 2.05) is 0 Å². The molecule has 0 aromatic carbocycles. The first kappa shape index (κ1) is 10.3. The molecular formula is C9H18N2O2. The lowest BCUT2D eigenvalue weighted by atomic mass is 10.1. The van der Waals surface area contributed by atoms with Gasteiger partial charge >= 0.3 is 6.09 Å². The second-order valence-corrected chi connectivity index (χ2v) is 3.59. The van der Waals surface area contributed by atoms with Gasteiger partial charge in [-0.05, 0) is 32.4 Å². The summed E-state index contributed by atoms with van der Waals surface area (Å²) in [7, 11) is 0. The monoisotopic (exact) mass is 186 g/mol. The van der Waals surface area contributed by atoms with Crippen molar-refractivity contribution in [2.24, 2.45) is 0 Å². The summed E-state index contributed by atoms with van der Waals surface area (Å²) in [5, 5.41) is 11.1. The van der Waals surface area contributed by atoms with Gasteiger partial charge in [0.1, 0.15) is 0 Å². The fraction of sp³-hybridized carbons (Fsp3) is 0.889. The summed E-state index contributed by atoms with van der Waals surface area (Å²) in [5.74, 6) is 0. The quantitative estimate of drug-likeness (QED) is 0.694. The summed E-state index contributed by atoms with van der Waals surface area (Å²) in [6, 6.07) is 0.137. The van der Waals surface area contributed by atoms with E-state index in [0.717, 1.165) is 38.9 Å². The number of likely N-dealkylation sites (tertiary alicyclic amines) is 1. The van der Waals surface area contributed by atoms with Crippen molar-refractivity contribution >= 4 is 6.09 Å². The minimum absolute atomic E-state index is 0.137. The lowest BCUT2D eigenvalue weighted by Gasteiger charge is -2.32. The molecule has 1 aliphatic rings. The number of nitrogens with zero attached hydrogens (tertiary/aromatic N) is 1. The summed E-state index contributed by atoms with van der Waals surface area (Å²) in [6.45, 7) is 5.22. The summed E-state index contributed by atoms with van der Waals surface area (Å²) < 4.78 is 0. The maximum absolute atomic E-state index is 10.4. The van der Waals surface area contributed by atoms with E-state index in [1.165, 1.54) is 0 Å². The van der Waals surface area contributed by atoms with E-state index < -0.39 is 6.09 Å². The highest BCUT2D eigenvalue weighted by Crippen LogP contribution is 2.09. The maximum atomic E-state index is 10.4. The molecule has 0 unspecified atom stereocenters. The Labute approximate surface area is 78.9 Å². The first-order valence-electron chi connectivity index (χ1n) is 4.94. The summed E-state index contributed by atoms with van der Waals surface area (Å²) in [4.78, 5) is 12.7. The fourth-order valence-corrected chi connectivity index (χ4v) is 1.87. The number of nitrogens with one attached hydrogen (secondary N) is 1. The highest BCUT2D eigenvalue weighted by Gasteiger charge is 2.19. The average Bonchev–Trinajstić information content (AvgIpc) is 2.04. The van der Waals surface area contributed by atoms with Crippen molar-refractivity contribution in [1.29, 1.82) is 0 Å². The number of hydrogen-bond acceptors (Lipinski definition) is 2. The number of carboxylic acid groups (broad SMARTS) is 1. The smallest absolute Gasteiger partial charge is 0.404 e. The molecule has 1 saturated heterocycles. The molecule has 0 aromatic rings. The molecular weight excluding hydrogens is 168 g/mol. The van der Waals surface area contributed by atoms with Crippen LogP contribution >= 0.6 is 0 Å². The molecule has 76 valence electrons. The average molecular weight is 186 g/mol. The van der Waals surface area contributed by atoms with E-state index in [0.29, 0.717) is 0 Å². The van der Waals surface area contributed by atoms with Crippen molar-refractivity contribution in [2.45, 2.75) is 32.2 Å². The van der Waals surface area contributed by atoms with Crippen molar-refractivity contribution in [2.75, 3.05) is 19.6 Å². The van der Waals surface area contributed by atoms with Crippen LogP contribution in [0.1, 0.15) is 26.2 Å². The normalized spacial score (nSPS) is 24.2. The molecule has 1 atom stereocenters. The topological polar surface area (TPSA) is 52.6 Å². The number of carbonyl (C=O) groups is 1. The minimum Gasteiger partial charge on any atom is -0.465 e. The third-order valence-corrected chi connectivity index (χ3v) is 2.37. The van der Waals surface area contributed by atoms with Crippen LogP contribution in [0.5, 0.6) is 0 Å². The zero-order valence-corrected chi connectivity index (χ0v) is 8.12. The van der Waals surface area contributed by atoms with Crippen molar-refractivity contribution in [3.05, 3.63) is 0 Å². The first-order valence-corrected chi connectivity index (χ1v) is 4.94. The number of rotatable bonds is 3. The van der Waals surface area contributed by atoms with E-state index in [4.69, 9.17) is 5.11 Å².